The van der Waals surface area contributed by atoms with Gasteiger partial charge in [-0.1, -0.05) is 5.92 Å². The fourth-order valence-electron chi connectivity index (χ4n) is 1.53. The maximum absolute atomic E-state index is 11.3. The van der Waals surface area contributed by atoms with Crippen molar-refractivity contribution in [3.8, 4) is 12.3 Å². The first-order chi connectivity index (χ1) is 8.42. The number of carbonyl (C=O) groups excluding carboxylic acids is 1. The summed E-state index contributed by atoms with van der Waals surface area (Å²) in [7, 11) is 0. The molecule has 1 rings (SSSR count). The molecule has 1 heterocycles. The van der Waals surface area contributed by atoms with Gasteiger partial charge in [0.25, 0.3) is 0 Å². The number of amides is 1. The van der Waals surface area contributed by atoms with Crippen molar-refractivity contribution in [2.45, 2.75) is 37.0 Å². The van der Waals surface area contributed by atoms with Crippen molar-refractivity contribution in [3.05, 3.63) is 0 Å². The van der Waals surface area contributed by atoms with E-state index in [2.05, 4.69) is 5.32 Å². The molecule has 1 aliphatic heterocycles. The third kappa shape index (κ3) is 3.15. The molecule has 0 aliphatic carbocycles. The van der Waals surface area contributed by atoms with Crippen LogP contribution >= 0.6 is 0 Å². The van der Waals surface area contributed by atoms with Crippen LogP contribution in [0.25, 0.3) is 0 Å². The molecule has 7 heteroatoms. The Balaban J connectivity index is 2.72. The predicted molar refractivity (Wildman–Crippen MR) is 55.4 cm³/mol. The number of terminal acetylenes is 1. The maximum atomic E-state index is 11.3. The van der Waals surface area contributed by atoms with E-state index < -0.39 is 49.6 Å². The van der Waals surface area contributed by atoms with Gasteiger partial charge in [-0.15, -0.1) is 6.42 Å². The highest BCUT2D eigenvalue weighted by atomic mass is 16.6. The quantitative estimate of drug-likeness (QED) is 0.337. The molecule has 5 N–H and O–H groups in total. The fourth-order valence-corrected chi connectivity index (χ4v) is 1.53. The van der Waals surface area contributed by atoms with E-state index in [0.717, 1.165) is 0 Å². The van der Waals surface area contributed by atoms with Crippen molar-refractivity contribution in [3.63, 3.8) is 0 Å². The number of hydrogen-bond acceptors (Lipinski definition) is 6. The highest BCUT2D eigenvalue weighted by Gasteiger charge is 2.44. The number of aliphatic hydroxyl groups excluding tert-OH is 4. The van der Waals surface area contributed by atoms with Gasteiger partial charge >= 0.3 is 0 Å². The number of aliphatic hydroxyl groups is 4. The van der Waals surface area contributed by atoms with Crippen LogP contribution in [0, 0.1) is 12.3 Å². The minimum absolute atomic E-state index is 0.596. The predicted octanol–water partition coefficient (Wildman–Crippen LogP) is -3.07. The molecule has 0 saturated carbocycles. The topological polar surface area (TPSA) is 119 Å². The SMILES string of the molecule is [2H]C(C#C)C(=O)N[C@@H]1C(O)O[C@H](CO)[C@@H](O)[C@@H]1O. The van der Waals surface area contributed by atoms with Crippen LogP contribution in [0.2, 0.25) is 0 Å². The standard InChI is InChI=1S/C10H15NO6/c1-2-3-6(13)11-7-9(15)8(14)5(4-12)17-10(7)16/h1,5,7-10,12,14-16H,3-4H2,(H,11,13)/t5-,7+,8-,9-,10?/m1/s1/i3D/t3?,5-,7+,8-,9-,10?. The molecule has 7 nitrogen and oxygen atoms in total. The summed E-state index contributed by atoms with van der Waals surface area (Å²) < 4.78 is 12.0. The third-order valence-corrected chi connectivity index (χ3v) is 2.42. The van der Waals surface area contributed by atoms with Gasteiger partial charge in [-0.2, -0.15) is 0 Å². The van der Waals surface area contributed by atoms with Crippen molar-refractivity contribution < 1.29 is 31.3 Å². The van der Waals surface area contributed by atoms with Gasteiger partial charge in [-0.05, 0) is 0 Å². The van der Waals surface area contributed by atoms with E-state index in [-0.39, 0.29) is 0 Å². The molecule has 0 aromatic heterocycles. The molecule has 0 spiro atoms. The van der Waals surface area contributed by atoms with Gasteiger partial charge in [0.15, 0.2) is 6.29 Å². The highest BCUT2D eigenvalue weighted by molar-refractivity contribution is 5.78. The molecule has 1 fully saturated rings. The summed E-state index contributed by atoms with van der Waals surface area (Å²) in [5.41, 5.74) is 0. The lowest BCUT2D eigenvalue weighted by atomic mass is 9.97. The molecule has 1 saturated heterocycles. The van der Waals surface area contributed by atoms with Gasteiger partial charge in [0.2, 0.25) is 5.91 Å². The van der Waals surface area contributed by atoms with Gasteiger partial charge in [-0.25, -0.2) is 0 Å². The molecular formula is C10H15NO6. The summed E-state index contributed by atoms with van der Waals surface area (Å²) in [5.74, 6) is 0.959. The number of hydrogen-bond donors (Lipinski definition) is 5. The summed E-state index contributed by atoms with van der Waals surface area (Å²) in [6, 6.07) is -1.32. The molecule has 0 aromatic rings. The minimum Gasteiger partial charge on any atom is -0.394 e. The Labute approximate surface area is 99.4 Å². The number of nitrogens with one attached hydrogen (secondary N) is 1. The summed E-state index contributed by atoms with van der Waals surface area (Å²) in [6.07, 6.45) is -2.39. The van der Waals surface area contributed by atoms with Gasteiger partial charge in [0.1, 0.15) is 24.4 Å². The molecule has 0 radical (unpaired) electrons. The lowest BCUT2D eigenvalue weighted by Crippen LogP contribution is -2.64. The van der Waals surface area contributed by atoms with Gasteiger partial charge in [0, 0.05) is 0 Å². The van der Waals surface area contributed by atoms with Crippen LogP contribution in [0.15, 0.2) is 0 Å². The van der Waals surface area contributed by atoms with E-state index in [1.807, 2.05) is 5.92 Å². The number of rotatable bonds is 3. The van der Waals surface area contributed by atoms with Crippen molar-refractivity contribution in [2.75, 3.05) is 6.61 Å². The smallest absolute Gasteiger partial charge is 0.232 e. The Morgan fingerprint density at radius 1 is 1.47 bits per heavy atom. The van der Waals surface area contributed by atoms with E-state index in [1.165, 1.54) is 0 Å². The Bertz CT molecular complexity index is 346. The zero-order valence-corrected chi connectivity index (χ0v) is 8.85. The summed E-state index contributed by atoms with van der Waals surface area (Å²) >= 11 is 0. The Morgan fingerprint density at radius 2 is 2.12 bits per heavy atom. The average Bonchev–Trinajstić information content (AvgIpc) is 2.37. The third-order valence-electron chi connectivity index (χ3n) is 2.42. The number of ether oxygens (including phenoxy) is 1. The molecule has 1 amide bonds. The van der Waals surface area contributed by atoms with Crippen molar-refractivity contribution in [1.29, 1.82) is 0 Å². The van der Waals surface area contributed by atoms with Crippen molar-refractivity contribution >= 4 is 5.91 Å². The lowest BCUT2D eigenvalue weighted by Gasteiger charge is -2.40. The van der Waals surface area contributed by atoms with Crippen LogP contribution in [0.5, 0.6) is 0 Å². The van der Waals surface area contributed by atoms with Crippen LogP contribution in [0.4, 0.5) is 0 Å². The van der Waals surface area contributed by atoms with E-state index in [4.69, 9.17) is 17.6 Å². The van der Waals surface area contributed by atoms with Crippen LogP contribution in [-0.2, 0) is 9.53 Å². The monoisotopic (exact) mass is 246 g/mol. The zero-order valence-electron chi connectivity index (χ0n) is 9.85. The average molecular weight is 246 g/mol. The van der Waals surface area contributed by atoms with E-state index in [0.29, 0.717) is 0 Å². The first-order valence-corrected chi connectivity index (χ1v) is 4.91. The summed E-state index contributed by atoms with van der Waals surface area (Å²) in [6.45, 7) is -0.596. The Kier molecular flexibility index (Phi) is 4.30. The van der Waals surface area contributed by atoms with E-state index in [1.54, 1.807) is 0 Å². The largest absolute Gasteiger partial charge is 0.394 e. The van der Waals surface area contributed by atoms with Gasteiger partial charge in [-0.3, -0.25) is 4.79 Å². The molecule has 1 aliphatic rings. The molecule has 2 unspecified atom stereocenters. The second-order valence-electron chi connectivity index (χ2n) is 3.57. The normalized spacial score (nSPS) is 39.9. The van der Waals surface area contributed by atoms with Crippen molar-refractivity contribution in [2.24, 2.45) is 0 Å². The maximum Gasteiger partial charge on any atom is 0.232 e. The second kappa shape index (κ2) is 5.95. The van der Waals surface area contributed by atoms with Crippen LogP contribution in [0.1, 0.15) is 7.77 Å². The van der Waals surface area contributed by atoms with Gasteiger partial charge < -0.3 is 30.5 Å². The Hall–Kier alpha value is -1.17. The molecule has 0 bridgehead atoms. The molecule has 6 atom stereocenters. The minimum atomic E-state index is -1.62. The van der Waals surface area contributed by atoms with Crippen molar-refractivity contribution in [1.82, 2.24) is 5.32 Å². The summed E-state index contributed by atoms with van der Waals surface area (Å²) in [4.78, 5) is 11.3. The molecular weight excluding hydrogens is 230 g/mol. The van der Waals surface area contributed by atoms with Crippen LogP contribution in [-0.4, -0.2) is 63.6 Å². The summed E-state index contributed by atoms with van der Waals surface area (Å²) in [5, 5.41) is 39.7. The molecule has 0 aromatic carbocycles. The first-order valence-electron chi connectivity index (χ1n) is 5.49. The highest BCUT2D eigenvalue weighted by Crippen LogP contribution is 2.19. The Morgan fingerprint density at radius 3 is 2.65 bits per heavy atom. The van der Waals surface area contributed by atoms with Gasteiger partial charge in [0.05, 0.1) is 14.4 Å². The molecule has 17 heavy (non-hydrogen) atoms. The zero-order chi connectivity index (χ0) is 13.9. The first kappa shape index (κ1) is 12.3. The van der Waals surface area contributed by atoms with E-state index in [9.17, 15) is 20.1 Å². The molecule has 96 valence electrons. The second-order valence-corrected chi connectivity index (χ2v) is 3.57. The number of carbonyl (C=O) groups is 1. The lowest BCUT2D eigenvalue weighted by molar-refractivity contribution is -0.253. The van der Waals surface area contributed by atoms with Crippen LogP contribution in [0.3, 0.4) is 0 Å². The van der Waals surface area contributed by atoms with Crippen LogP contribution < -0.4 is 5.32 Å². The fraction of sp³-hybridized carbons (Fsp3) is 0.700. The van der Waals surface area contributed by atoms with E-state index >= 15 is 0 Å².